The van der Waals surface area contributed by atoms with Crippen LogP contribution in [0.4, 0.5) is 13.2 Å². The Morgan fingerprint density at radius 2 is 1.67 bits per heavy atom. The number of aliphatic carboxylic acids is 2. The van der Waals surface area contributed by atoms with Crippen molar-refractivity contribution < 1.29 is 38.1 Å². The Labute approximate surface area is 81.3 Å². The first kappa shape index (κ1) is 13.7. The summed E-state index contributed by atoms with van der Waals surface area (Å²) < 4.78 is 31.7. The second-order valence-electron chi connectivity index (χ2n) is 2.59. The number of hydrogen-bond acceptors (Lipinski definition) is 4. The maximum Gasteiger partial charge on any atom is 0.490 e. The van der Waals surface area contributed by atoms with Crippen molar-refractivity contribution in [3.63, 3.8) is 0 Å². The van der Waals surface area contributed by atoms with E-state index in [0.717, 1.165) is 0 Å². The highest BCUT2D eigenvalue weighted by atomic mass is 19.4. The van der Waals surface area contributed by atoms with Crippen molar-refractivity contribution in [3.8, 4) is 0 Å². The molecule has 0 unspecified atom stereocenters. The molecule has 9 heteroatoms. The van der Waals surface area contributed by atoms with Crippen LogP contribution in [-0.2, 0) is 9.59 Å². The van der Waals surface area contributed by atoms with Crippen molar-refractivity contribution in [2.75, 3.05) is 6.54 Å². The van der Waals surface area contributed by atoms with Gasteiger partial charge in [0.2, 0.25) is 0 Å². The van der Waals surface area contributed by atoms with Gasteiger partial charge in [0.25, 0.3) is 0 Å². The third-order valence-electron chi connectivity index (χ3n) is 1.44. The molecule has 0 saturated carbocycles. The van der Waals surface area contributed by atoms with E-state index in [0.29, 0.717) is 6.54 Å². The number of β-amino-alcohol motifs (C(OH)–C–C–N with tert-alkyl or cyclic N) is 1. The van der Waals surface area contributed by atoms with Gasteiger partial charge in [-0.1, -0.05) is 0 Å². The number of carboxylic acid groups (broad SMARTS) is 2. The quantitative estimate of drug-likeness (QED) is 0.463. The van der Waals surface area contributed by atoms with Crippen molar-refractivity contribution in [1.29, 1.82) is 0 Å². The maximum atomic E-state index is 10.6. The van der Waals surface area contributed by atoms with Crippen LogP contribution in [0, 0.1) is 0 Å². The first-order valence-electron chi connectivity index (χ1n) is 3.60. The van der Waals surface area contributed by atoms with Crippen LogP contribution in [-0.4, -0.2) is 52.1 Å². The zero-order valence-electron chi connectivity index (χ0n) is 7.15. The van der Waals surface area contributed by atoms with Gasteiger partial charge in [-0.3, -0.25) is 10.1 Å². The van der Waals surface area contributed by atoms with Crippen molar-refractivity contribution in [1.82, 2.24) is 5.32 Å². The lowest BCUT2D eigenvalue weighted by atomic mass is 10.0. The van der Waals surface area contributed by atoms with Crippen molar-refractivity contribution in [3.05, 3.63) is 0 Å². The van der Waals surface area contributed by atoms with Gasteiger partial charge < -0.3 is 15.3 Å². The van der Waals surface area contributed by atoms with E-state index in [9.17, 15) is 18.0 Å². The fraction of sp³-hybridized carbons (Fsp3) is 0.667. The van der Waals surface area contributed by atoms with Gasteiger partial charge in [-0.05, 0) is 0 Å². The highest BCUT2D eigenvalue weighted by molar-refractivity contribution is 5.75. The summed E-state index contributed by atoms with van der Waals surface area (Å²) in [4.78, 5) is 18.9. The summed E-state index contributed by atoms with van der Waals surface area (Å²) >= 11 is 0. The van der Waals surface area contributed by atoms with Gasteiger partial charge in [-0.2, -0.15) is 13.2 Å². The molecule has 1 fully saturated rings. The van der Waals surface area contributed by atoms with Gasteiger partial charge >= 0.3 is 18.1 Å². The maximum absolute atomic E-state index is 10.6. The Kier molecular flexibility index (Phi) is 4.49. The molecular weight excluding hydrogens is 223 g/mol. The zero-order chi connectivity index (χ0) is 12.2. The summed E-state index contributed by atoms with van der Waals surface area (Å²) in [5.74, 6) is -3.74. The third-order valence-corrected chi connectivity index (χ3v) is 1.44. The van der Waals surface area contributed by atoms with Crippen LogP contribution < -0.4 is 5.32 Å². The molecule has 1 heterocycles. The zero-order valence-corrected chi connectivity index (χ0v) is 7.15. The molecule has 0 aromatic heterocycles. The molecule has 0 aromatic rings. The van der Waals surface area contributed by atoms with E-state index in [1.807, 2.05) is 0 Å². The van der Waals surface area contributed by atoms with Crippen LogP contribution in [0.5, 0.6) is 0 Å². The number of aliphatic hydroxyl groups is 1. The molecule has 1 aliphatic heterocycles. The lowest BCUT2D eigenvalue weighted by Gasteiger charge is -2.29. The molecule has 1 saturated heterocycles. The number of rotatable bonds is 1. The van der Waals surface area contributed by atoms with Gasteiger partial charge in [0.1, 0.15) is 6.04 Å². The smallest absolute Gasteiger partial charge is 0.480 e. The summed E-state index contributed by atoms with van der Waals surface area (Å²) in [6.45, 7) is 0.400. The largest absolute Gasteiger partial charge is 0.490 e. The molecular formula is C6H8F3NO5. The molecule has 1 rings (SSSR count). The Bertz CT molecular complexity index is 254. The van der Waals surface area contributed by atoms with E-state index in [1.54, 1.807) is 0 Å². The molecule has 0 bridgehead atoms. The van der Waals surface area contributed by atoms with Crippen LogP contribution in [0.3, 0.4) is 0 Å². The van der Waals surface area contributed by atoms with Crippen LogP contribution >= 0.6 is 0 Å². The molecule has 0 aromatic carbocycles. The summed E-state index contributed by atoms with van der Waals surface area (Å²) in [6.07, 6.45) is -5.77. The molecule has 2 atom stereocenters. The fourth-order valence-electron chi connectivity index (χ4n) is 0.593. The molecule has 0 amide bonds. The van der Waals surface area contributed by atoms with Crippen molar-refractivity contribution in [2.24, 2.45) is 0 Å². The minimum Gasteiger partial charge on any atom is -0.480 e. The number of halogens is 3. The normalized spacial score (nSPS) is 24.5. The number of aliphatic hydroxyl groups excluding tert-OH is 1. The van der Waals surface area contributed by atoms with Crippen LogP contribution in [0.25, 0.3) is 0 Å². The third kappa shape index (κ3) is 4.61. The van der Waals surface area contributed by atoms with E-state index >= 15 is 0 Å². The number of nitrogens with one attached hydrogen (secondary N) is 1. The second kappa shape index (κ2) is 4.94. The average Bonchev–Trinajstić information content (AvgIpc) is 1.99. The van der Waals surface area contributed by atoms with Crippen LogP contribution in [0.2, 0.25) is 0 Å². The fourth-order valence-corrected chi connectivity index (χ4v) is 0.593. The summed E-state index contributed by atoms with van der Waals surface area (Å²) in [7, 11) is 0. The number of alkyl halides is 3. The van der Waals surface area contributed by atoms with E-state index in [4.69, 9.17) is 20.1 Å². The number of carboxylic acids is 2. The van der Waals surface area contributed by atoms with Crippen LogP contribution in [0.15, 0.2) is 0 Å². The highest BCUT2D eigenvalue weighted by Crippen LogP contribution is 2.13. The molecule has 4 N–H and O–H groups in total. The van der Waals surface area contributed by atoms with Crippen molar-refractivity contribution in [2.45, 2.75) is 18.3 Å². The van der Waals surface area contributed by atoms with Gasteiger partial charge in [-0.25, -0.2) is 4.79 Å². The van der Waals surface area contributed by atoms with E-state index < -0.39 is 30.3 Å². The summed E-state index contributed by atoms with van der Waals surface area (Å²) in [6, 6.07) is -0.727. The predicted octanol–water partition coefficient (Wildman–Crippen LogP) is -0.963. The van der Waals surface area contributed by atoms with Gasteiger partial charge in [-0.15, -0.1) is 0 Å². The Morgan fingerprint density at radius 1 is 1.27 bits per heavy atom. The first-order chi connectivity index (χ1) is 6.66. The monoisotopic (exact) mass is 231 g/mol. The van der Waals surface area contributed by atoms with Gasteiger partial charge in [0.15, 0.2) is 0 Å². The predicted molar refractivity (Wildman–Crippen MR) is 39.1 cm³/mol. The lowest BCUT2D eigenvalue weighted by Crippen LogP contribution is -2.61. The summed E-state index contributed by atoms with van der Waals surface area (Å²) in [5, 5.41) is 26.5. The lowest BCUT2D eigenvalue weighted by molar-refractivity contribution is -0.192. The average molecular weight is 231 g/mol. The molecule has 0 radical (unpaired) electrons. The van der Waals surface area contributed by atoms with Gasteiger partial charge in [0.05, 0.1) is 6.10 Å². The second-order valence-corrected chi connectivity index (χ2v) is 2.59. The molecule has 6 nitrogen and oxygen atoms in total. The molecule has 0 spiro atoms. The topological polar surface area (TPSA) is 107 Å². The molecule has 1 aliphatic rings. The molecule has 15 heavy (non-hydrogen) atoms. The highest BCUT2D eigenvalue weighted by Gasteiger charge is 2.38. The minimum absolute atomic E-state index is 0.400. The molecule has 88 valence electrons. The number of hydrogen-bond donors (Lipinski definition) is 4. The minimum atomic E-state index is -5.08. The van der Waals surface area contributed by atoms with Crippen LogP contribution in [0.1, 0.15) is 0 Å². The van der Waals surface area contributed by atoms with E-state index in [2.05, 4.69) is 5.32 Å². The van der Waals surface area contributed by atoms with Gasteiger partial charge in [0, 0.05) is 6.54 Å². The van der Waals surface area contributed by atoms with Crippen molar-refractivity contribution >= 4 is 11.9 Å². The first-order valence-corrected chi connectivity index (χ1v) is 3.60. The SMILES string of the molecule is O=C(O)C(F)(F)F.O=C(O)[C@H]1NC[C@H]1O. The Balaban J connectivity index is 0.000000265. The standard InChI is InChI=1S/C4H7NO3.C2HF3O2/c6-2-1-5-3(2)4(7)8;3-2(4,5)1(6)7/h2-3,5-6H,1H2,(H,7,8);(H,6,7)/t2-,3+;/m1./s1. The van der Waals surface area contributed by atoms with E-state index in [-0.39, 0.29) is 0 Å². The Hall–Kier alpha value is -1.35. The number of carbonyl (C=O) groups is 2. The van der Waals surface area contributed by atoms with E-state index in [1.165, 1.54) is 0 Å². The Morgan fingerprint density at radius 3 is 1.67 bits per heavy atom. The summed E-state index contributed by atoms with van der Waals surface area (Å²) in [5.41, 5.74) is 0. The molecule has 0 aliphatic carbocycles.